The fourth-order valence-electron chi connectivity index (χ4n) is 1.68. The number of carbonyl (C=O) groups excluding carboxylic acids is 1. The van der Waals surface area contributed by atoms with Crippen LogP contribution in [0.5, 0.6) is 0 Å². The van der Waals surface area contributed by atoms with Crippen molar-refractivity contribution in [3.05, 3.63) is 0 Å². The zero-order valence-corrected chi connectivity index (χ0v) is 9.87. The minimum Gasteiger partial charge on any atom is -0.306 e. The summed E-state index contributed by atoms with van der Waals surface area (Å²) in [5.74, 6) is -0.233. The van der Waals surface area contributed by atoms with Crippen LogP contribution in [0.2, 0.25) is 0 Å². The number of nitrogens with zero attached hydrogens (tertiary/aromatic N) is 1. The van der Waals surface area contributed by atoms with Crippen LogP contribution in [0.25, 0.3) is 0 Å². The van der Waals surface area contributed by atoms with E-state index in [4.69, 9.17) is 11.0 Å². The Hall–Kier alpha value is -0.420. The summed E-state index contributed by atoms with van der Waals surface area (Å²) in [7, 11) is -3.42. The van der Waals surface area contributed by atoms with Crippen molar-refractivity contribution >= 4 is 13.5 Å². The molecule has 88 valence electrons. The van der Waals surface area contributed by atoms with Crippen molar-refractivity contribution in [3.63, 3.8) is 0 Å². The average Bonchev–Trinajstić information content (AvgIpc) is 2.14. The van der Waals surface area contributed by atoms with Gasteiger partial charge >= 0.3 is 7.59 Å². The number of hydrogen-bond donors (Lipinski definition) is 3. The smallest absolute Gasteiger partial charge is 0.302 e. The van der Waals surface area contributed by atoms with E-state index in [2.05, 4.69) is 5.32 Å². The first-order chi connectivity index (χ1) is 6.96. The highest BCUT2D eigenvalue weighted by molar-refractivity contribution is 7.57. The number of nitrogens with one attached hydrogen (secondary N) is 1. The summed E-state index contributed by atoms with van der Waals surface area (Å²) in [5, 5.41) is 3.10. The maximum Gasteiger partial charge on any atom is 0.302 e. The first kappa shape index (κ1) is 12.6. The molecule has 0 saturated carbocycles. The standard InChI is InChI=1S/C8H19N4O2P/c1-2-5-11-7-4-3-6-12(8(7)13)15(9,10)14/h7,11H,2-6H2,1H3,(H4,9,10,14)/t7-/m0/s1. The van der Waals surface area contributed by atoms with Crippen LogP contribution >= 0.6 is 7.59 Å². The highest BCUT2D eigenvalue weighted by atomic mass is 31.2. The van der Waals surface area contributed by atoms with Gasteiger partial charge in [0.15, 0.2) is 0 Å². The molecule has 1 aliphatic rings. The molecule has 1 aliphatic heterocycles. The van der Waals surface area contributed by atoms with Gasteiger partial charge in [-0.3, -0.25) is 25.0 Å². The predicted molar refractivity (Wildman–Crippen MR) is 59.0 cm³/mol. The summed E-state index contributed by atoms with van der Waals surface area (Å²) in [6, 6.07) is -0.279. The summed E-state index contributed by atoms with van der Waals surface area (Å²) in [4.78, 5) is 11.8. The van der Waals surface area contributed by atoms with Gasteiger partial charge in [-0.1, -0.05) is 6.92 Å². The molecule has 1 atom stereocenters. The number of hydrogen-bond acceptors (Lipinski definition) is 3. The Morgan fingerprint density at radius 3 is 2.80 bits per heavy atom. The molecule has 0 aromatic heterocycles. The van der Waals surface area contributed by atoms with E-state index in [0.717, 1.165) is 30.5 Å². The molecule has 0 spiro atoms. The molecule has 0 bridgehead atoms. The normalized spacial score (nSPS) is 23.3. The van der Waals surface area contributed by atoms with Crippen LogP contribution in [0.3, 0.4) is 0 Å². The van der Waals surface area contributed by atoms with Crippen molar-refractivity contribution in [2.75, 3.05) is 13.1 Å². The molecule has 1 fully saturated rings. The van der Waals surface area contributed by atoms with Gasteiger partial charge in [-0.15, -0.1) is 0 Å². The third kappa shape index (κ3) is 3.28. The first-order valence-electron chi connectivity index (χ1n) is 5.19. The lowest BCUT2D eigenvalue weighted by atomic mass is 10.1. The minimum atomic E-state index is -3.42. The lowest BCUT2D eigenvalue weighted by Gasteiger charge is -2.34. The molecule has 1 rings (SSSR count). The molecule has 0 aliphatic carbocycles. The van der Waals surface area contributed by atoms with Gasteiger partial charge in [0.2, 0.25) is 5.91 Å². The van der Waals surface area contributed by atoms with Crippen molar-refractivity contribution in [3.8, 4) is 0 Å². The van der Waals surface area contributed by atoms with Gasteiger partial charge in [-0.2, -0.15) is 0 Å². The van der Waals surface area contributed by atoms with Gasteiger partial charge in [-0.25, -0.2) is 0 Å². The van der Waals surface area contributed by atoms with Crippen molar-refractivity contribution in [1.29, 1.82) is 0 Å². The maximum absolute atomic E-state index is 11.8. The van der Waals surface area contributed by atoms with Gasteiger partial charge in [0, 0.05) is 6.54 Å². The minimum absolute atomic E-state index is 0.233. The Bertz CT molecular complexity index is 278. The summed E-state index contributed by atoms with van der Waals surface area (Å²) in [6.07, 6.45) is 2.49. The van der Waals surface area contributed by atoms with Crippen molar-refractivity contribution in [2.45, 2.75) is 32.2 Å². The second-order valence-electron chi connectivity index (χ2n) is 3.78. The van der Waals surface area contributed by atoms with Gasteiger partial charge in [0.1, 0.15) is 0 Å². The van der Waals surface area contributed by atoms with Crippen LogP contribution < -0.4 is 16.3 Å². The van der Waals surface area contributed by atoms with Crippen LogP contribution in [-0.2, 0) is 9.36 Å². The average molecular weight is 234 g/mol. The Morgan fingerprint density at radius 1 is 1.60 bits per heavy atom. The van der Waals surface area contributed by atoms with E-state index in [0.29, 0.717) is 6.54 Å². The quantitative estimate of drug-likeness (QED) is 0.594. The van der Waals surface area contributed by atoms with Crippen LogP contribution in [0.15, 0.2) is 0 Å². The zero-order valence-electron chi connectivity index (χ0n) is 8.98. The molecule has 6 nitrogen and oxygen atoms in total. The van der Waals surface area contributed by atoms with E-state index in [1.54, 1.807) is 0 Å². The van der Waals surface area contributed by atoms with Gasteiger partial charge in [0.05, 0.1) is 6.04 Å². The van der Waals surface area contributed by atoms with Crippen LogP contribution in [-0.4, -0.2) is 29.7 Å². The summed E-state index contributed by atoms with van der Waals surface area (Å²) in [5.41, 5.74) is 10.6. The lowest BCUT2D eigenvalue weighted by molar-refractivity contribution is -0.130. The van der Waals surface area contributed by atoms with Crippen LogP contribution in [0, 0.1) is 0 Å². The molecule has 0 radical (unpaired) electrons. The van der Waals surface area contributed by atoms with Crippen LogP contribution in [0.1, 0.15) is 26.2 Å². The zero-order chi connectivity index (χ0) is 11.5. The van der Waals surface area contributed by atoms with Crippen molar-refractivity contribution in [2.24, 2.45) is 11.0 Å². The fraction of sp³-hybridized carbons (Fsp3) is 0.875. The van der Waals surface area contributed by atoms with Gasteiger partial charge in [0.25, 0.3) is 0 Å². The molecule has 0 aromatic carbocycles. The molecular weight excluding hydrogens is 215 g/mol. The number of nitrogens with two attached hydrogens (primary N) is 2. The van der Waals surface area contributed by atoms with E-state index in [1.165, 1.54) is 0 Å². The van der Waals surface area contributed by atoms with Crippen molar-refractivity contribution in [1.82, 2.24) is 9.99 Å². The van der Waals surface area contributed by atoms with E-state index < -0.39 is 7.59 Å². The molecule has 1 heterocycles. The van der Waals surface area contributed by atoms with E-state index in [9.17, 15) is 9.36 Å². The molecule has 0 unspecified atom stereocenters. The number of carbonyl (C=O) groups is 1. The van der Waals surface area contributed by atoms with Gasteiger partial charge < -0.3 is 5.32 Å². The number of rotatable bonds is 4. The van der Waals surface area contributed by atoms with Gasteiger partial charge in [-0.05, 0) is 25.8 Å². The fourth-order valence-corrected chi connectivity index (χ4v) is 2.58. The van der Waals surface area contributed by atoms with Crippen LogP contribution in [0.4, 0.5) is 0 Å². The summed E-state index contributed by atoms with van der Waals surface area (Å²) in [6.45, 7) is 3.19. The predicted octanol–water partition coefficient (Wildman–Crippen LogP) is 0.00250. The van der Waals surface area contributed by atoms with E-state index >= 15 is 0 Å². The second-order valence-corrected chi connectivity index (χ2v) is 5.61. The highest BCUT2D eigenvalue weighted by Crippen LogP contribution is 2.35. The summed E-state index contributed by atoms with van der Waals surface area (Å²) < 4.78 is 12.5. The molecule has 1 saturated heterocycles. The molecule has 0 aromatic rings. The third-order valence-corrected chi connectivity index (χ3v) is 3.59. The largest absolute Gasteiger partial charge is 0.306 e. The maximum atomic E-state index is 11.8. The van der Waals surface area contributed by atoms with Crippen molar-refractivity contribution < 1.29 is 9.36 Å². The Labute approximate surface area is 89.9 Å². The second kappa shape index (κ2) is 5.07. The Balaban J connectivity index is 2.63. The monoisotopic (exact) mass is 234 g/mol. The van der Waals surface area contributed by atoms with E-state index in [-0.39, 0.29) is 11.9 Å². The number of piperidine rings is 1. The first-order valence-corrected chi connectivity index (χ1v) is 6.99. The Morgan fingerprint density at radius 2 is 2.27 bits per heavy atom. The molecule has 7 heteroatoms. The highest BCUT2D eigenvalue weighted by Gasteiger charge is 2.35. The lowest BCUT2D eigenvalue weighted by Crippen LogP contribution is -2.51. The molecule has 15 heavy (non-hydrogen) atoms. The molecule has 1 amide bonds. The topological polar surface area (TPSA) is 101 Å². The summed E-state index contributed by atoms with van der Waals surface area (Å²) >= 11 is 0. The number of amides is 1. The van der Waals surface area contributed by atoms with E-state index in [1.807, 2.05) is 6.92 Å². The third-order valence-electron chi connectivity index (χ3n) is 2.43. The molecule has 5 N–H and O–H groups in total. The molecular formula is C8H19N4O2P. The SMILES string of the molecule is CCCN[C@H]1CCCN(P(N)(N)=O)C1=O. The Kier molecular flexibility index (Phi) is 4.28.